The number of benzene rings is 1. The molecular formula is C25H33N5O4S. The smallest absolute Gasteiger partial charge is 0.214 e. The van der Waals surface area contributed by atoms with Gasteiger partial charge in [-0.15, -0.1) is 0 Å². The predicted octanol–water partition coefficient (Wildman–Crippen LogP) is 3.51. The highest BCUT2D eigenvalue weighted by Gasteiger charge is 2.27. The van der Waals surface area contributed by atoms with E-state index in [1.807, 2.05) is 32.0 Å². The Morgan fingerprint density at radius 3 is 2.71 bits per heavy atom. The highest BCUT2D eigenvalue weighted by molar-refractivity contribution is 7.89. The van der Waals surface area contributed by atoms with Crippen molar-refractivity contribution in [2.24, 2.45) is 0 Å². The molecule has 0 unspecified atom stereocenters. The number of hydrogen-bond acceptors (Lipinski definition) is 7. The summed E-state index contributed by atoms with van der Waals surface area (Å²) in [4.78, 5) is 21.0. The van der Waals surface area contributed by atoms with E-state index in [-0.39, 0.29) is 11.5 Å². The summed E-state index contributed by atoms with van der Waals surface area (Å²) < 4.78 is 33.6. The number of pyridine rings is 1. The molecule has 0 atom stereocenters. The van der Waals surface area contributed by atoms with Crippen molar-refractivity contribution in [2.45, 2.75) is 52.7 Å². The van der Waals surface area contributed by atoms with Crippen molar-refractivity contribution in [3.63, 3.8) is 0 Å². The number of imidazole rings is 1. The second kappa shape index (κ2) is 10.8. The molecule has 10 heteroatoms. The maximum Gasteiger partial charge on any atom is 0.214 e. The van der Waals surface area contributed by atoms with Gasteiger partial charge in [-0.05, 0) is 43.9 Å². The number of nitrogens with two attached hydrogens (primary N) is 1. The summed E-state index contributed by atoms with van der Waals surface area (Å²) in [6.45, 7) is 6.50. The van der Waals surface area contributed by atoms with Crippen molar-refractivity contribution in [1.29, 1.82) is 0 Å². The van der Waals surface area contributed by atoms with Gasteiger partial charge in [-0.3, -0.25) is 4.79 Å². The number of anilines is 1. The predicted molar refractivity (Wildman–Crippen MR) is 138 cm³/mol. The van der Waals surface area contributed by atoms with Crippen LogP contribution in [0.5, 0.6) is 0 Å². The lowest BCUT2D eigenvalue weighted by molar-refractivity contribution is -0.114. The molecule has 1 aliphatic heterocycles. The van der Waals surface area contributed by atoms with Crippen LogP contribution >= 0.6 is 0 Å². The van der Waals surface area contributed by atoms with Crippen LogP contribution in [-0.2, 0) is 32.7 Å². The topological polar surface area (TPSA) is 120 Å². The molecule has 0 amide bonds. The molecule has 0 radical (unpaired) electrons. The third-order valence-corrected chi connectivity index (χ3v) is 8.25. The molecule has 1 aliphatic rings. The van der Waals surface area contributed by atoms with E-state index in [1.54, 1.807) is 16.5 Å². The fraction of sp³-hybridized carbons (Fsp3) is 0.480. The average molecular weight is 500 g/mol. The van der Waals surface area contributed by atoms with Gasteiger partial charge in [0.2, 0.25) is 10.0 Å². The van der Waals surface area contributed by atoms with Crippen molar-refractivity contribution < 1.29 is 17.9 Å². The highest BCUT2D eigenvalue weighted by atomic mass is 32.2. The molecule has 3 heterocycles. The Kier molecular flexibility index (Phi) is 7.83. The quantitative estimate of drug-likeness (QED) is 0.317. The molecule has 0 bridgehead atoms. The first-order valence-electron chi connectivity index (χ1n) is 12.2. The molecule has 35 heavy (non-hydrogen) atoms. The lowest BCUT2D eigenvalue weighted by Crippen LogP contribution is -2.26. The van der Waals surface area contributed by atoms with Gasteiger partial charge in [-0.1, -0.05) is 25.1 Å². The van der Waals surface area contributed by atoms with Crippen LogP contribution < -0.4 is 5.73 Å². The molecule has 0 saturated carbocycles. The number of ketones is 1. The van der Waals surface area contributed by atoms with E-state index >= 15 is 0 Å². The lowest BCUT2D eigenvalue weighted by Gasteiger charge is -2.15. The summed E-state index contributed by atoms with van der Waals surface area (Å²) in [6, 6.07) is 5.86. The Bertz CT molecular complexity index is 1360. The number of nitrogens with zero attached hydrogens (tertiary/aromatic N) is 4. The molecule has 0 aliphatic carbocycles. The summed E-state index contributed by atoms with van der Waals surface area (Å²) in [5.74, 6) is 1.43. The average Bonchev–Trinajstić information content (AvgIpc) is 3.38. The van der Waals surface area contributed by atoms with Crippen LogP contribution in [0.15, 0.2) is 24.3 Å². The van der Waals surface area contributed by atoms with E-state index in [0.29, 0.717) is 57.0 Å². The van der Waals surface area contributed by atoms with Crippen molar-refractivity contribution in [3.8, 4) is 0 Å². The van der Waals surface area contributed by atoms with Crippen LogP contribution in [0.25, 0.3) is 28.0 Å². The van der Waals surface area contributed by atoms with Crippen LogP contribution in [0.1, 0.15) is 50.9 Å². The minimum absolute atomic E-state index is 0.0633. The van der Waals surface area contributed by atoms with E-state index in [0.717, 1.165) is 40.6 Å². The van der Waals surface area contributed by atoms with Crippen LogP contribution in [0.2, 0.25) is 0 Å². The van der Waals surface area contributed by atoms with Crippen molar-refractivity contribution in [2.75, 3.05) is 31.2 Å². The summed E-state index contributed by atoms with van der Waals surface area (Å²) in [5.41, 5.74) is 9.46. The van der Waals surface area contributed by atoms with Gasteiger partial charge in [0.05, 0.1) is 16.8 Å². The SMILES string of the molecule is CCOCc1nc2c(N)nc3cc(/C=C/C(=O)CC)ccc3c2n1CCCCN1CCCS1(=O)=O. The zero-order chi connectivity index (χ0) is 25.0. The summed E-state index contributed by atoms with van der Waals surface area (Å²) in [5, 5.41) is 0.922. The van der Waals surface area contributed by atoms with Gasteiger partial charge in [0, 0.05) is 38.0 Å². The molecule has 1 saturated heterocycles. The fourth-order valence-corrected chi connectivity index (χ4v) is 6.00. The van der Waals surface area contributed by atoms with Gasteiger partial charge in [0.25, 0.3) is 0 Å². The van der Waals surface area contributed by atoms with E-state index in [2.05, 4.69) is 9.55 Å². The molecule has 2 N–H and O–H groups in total. The van der Waals surface area contributed by atoms with Crippen molar-refractivity contribution >= 4 is 49.6 Å². The van der Waals surface area contributed by atoms with Gasteiger partial charge in [0.1, 0.15) is 17.9 Å². The third-order valence-electron chi connectivity index (χ3n) is 6.29. The van der Waals surface area contributed by atoms with Crippen LogP contribution in [0.4, 0.5) is 5.82 Å². The minimum Gasteiger partial charge on any atom is -0.382 e. The number of ether oxygens (including phenoxy) is 1. The van der Waals surface area contributed by atoms with Gasteiger partial charge in [0.15, 0.2) is 11.6 Å². The maximum atomic E-state index is 12.1. The van der Waals surface area contributed by atoms with E-state index in [1.165, 1.54) is 0 Å². The van der Waals surface area contributed by atoms with Gasteiger partial charge in [-0.2, -0.15) is 0 Å². The maximum absolute atomic E-state index is 12.1. The first-order chi connectivity index (χ1) is 16.8. The Labute approximate surface area is 206 Å². The van der Waals surface area contributed by atoms with Crippen LogP contribution in [-0.4, -0.2) is 58.5 Å². The molecular weight excluding hydrogens is 466 g/mol. The summed E-state index contributed by atoms with van der Waals surface area (Å²) >= 11 is 0. The Morgan fingerprint density at radius 2 is 2.00 bits per heavy atom. The molecule has 188 valence electrons. The van der Waals surface area contributed by atoms with Crippen molar-refractivity contribution in [3.05, 3.63) is 35.7 Å². The van der Waals surface area contributed by atoms with Crippen LogP contribution in [0, 0.1) is 0 Å². The summed E-state index contributed by atoms with van der Waals surface area (Å²) in [7, 11) is -3.08. The highest BCUT2D eigenvalue weighted by Crippen LogP contribution is 2.30. The number of carbonyl (C=O) groups excluding carboxylic acids is 1. The first-order valence-corrected chi connectivity index (χ1v) is 13.8. The summed E-state index contributed by atoms with van der Waals surface area (Å²) in [6.07, 6.45) is 6.08. The Balaban J connectivity index is 1.66. The molecule has 3 aromatic rings. The monoisotopic (exact) mass is 499 g/mol. The number of rotatable bonds is 11. The van der Waals surface area contributed by atoms with Crippen LogP contribution in [0.3, 0.4) is 0 Å². The standard InChI is InChI=1S/C25H33N5O4S/c1-3-19(31)10-8-18-9-11-20-21(16-18)27-25(26)23-24(20)30(22(28-23)17-34-4-2)14-6-5-12-29-13-7-15-35(29,32)33/h8-11,16H,3-7,12-15,17H2,1-2H3,(H2,26,27)/b10-8+. The number of hydrogen-bond donors (Lipinski definition) is 1. The molecule has 4 rings (SSSR count). The largest absolute Gasteiger partial charge is 0.382 e. The number of nitrogen functional groups attached to an aromatic ring is 1. The fourth-order valence-electron chi connectivity index (χ4n) is 4.43. The molecule has 1 aromatic carbocycles. The van der Waals surface area contributed by atoms with E-state index < -0.39 is 10.0 Å². The molecule has 9 nitrogen and oxygen atoms in total. The number of aromatic nitrogens is 3. The number of carbonyl (C=O) groups is 1. The number of aryl methyl sites for hydroxylation is 1. The Morgan fingerprint density at radius 1 is 1.20 bits per heavy atom. The number of unbranched alkanes of at least 4 members (excludes halogenated alkanes) is 1. The van der Waals surface area contributed by atoms with Gasteiger partial charge >= 0.3 is 0 Å². The zero-order valence-corrected chi connectivity index (χ0v) is 21.2. The second-order valence-electron chi connectivity index (χ2n) is 8.72. The minimum atomic E-state index is -3.08. The van der Waals surface area contributed by atoms with Crippen molar-refractivity contribution in [1.82, 2.24) is 18.8 Å². The van der Waals surface area contributed by atoms with E-state index in [4.69, 9.17) is 15.5 Å². The first kappa shape index (κ1) is 25.3. The number of allylic oxidation sites excluding steroid dienone is 1. The van der Waals surface area contributed by atoms with Gasteiger partial charge in [-0.25, -0.2) is 22.7 Å². The normalized spacial score (nSPS) is 16.2. The van der Waals surface area contributed by atoms with Gasteiger partial charge < -0.3 is 15.0 Å². The molecule has 2 aromatic heterocycles. The molecule has 1 fully saturated rings. The second-order valence-corrected chi connectivity index (χ2v) is 10.8. The zero-order valence-electron chi connectivity index (χ0n) is 20.4. The number of sulfonamides is 1. The lowest BCUT2D eigenvalue weighted by atomic mass is 10.1. The molecule has 0 spiro atoms. The third kappa shape index (κ3) is 5.55. The number of fused-ring (bicyclic) bond motifs is 3. The Hall–Kier alpha value is -2.82. The van der Waals surface area contributed by atoms with E-state index in [9.17, 15) is 13.2 Å².